The standard InChI is InChI=1S/C36H45N5O9S/c1-24-34(43)38-22-27-13-15-28(21-31(27)49-3)50-32-20-26(14-17-30(32)48-2)35(44)37-18-8-9-19-41(51(4,46)47)23-33(42)40-29(36(45)39-24)16-12-25-10-6-5-7-11-25/h5-7,10-11,13-15,17,20-21,24,29H,8-9,12,16,18-19,22-23H2,1-4H3,(H,37,44)(H,38,43)(H,39,45)(H,40,42)/t24-,29-/m0/s1. The molecule has 2 atom stereocenters. The number of hydrogen-bond acceptors (Lipinski definition) is 9. The highest BCUT2D eigenvalue weighted by Gasteiger charge is 2.27. The van der Waals surface area contributed by atoms with Crippen molar-refractivity contribution < 1.29 is 41.8 Å². The number of fused-ring (bicyclic) bond motifs is 18. The van der Waals surface area contributed by atoms with Crippen LogP contribution in [0.25, 0.3) is 0 Å². The number of sulfonamides is 1. The maximum atomic E-state index is 13.5. The lowest BCUT2D eigenvalue weighted by Crippen LogP contribution is -2.54. The van der Waals surface area contributed by atoms with E-state index < -0.39 is 46.4 Å². The molecule has 3 aromatic carbocycles. The second-order valence-corrected chi connectivity index (χ2v) is 14.1. The van der Waals surface area contributed by atoms with Crippen LogP contribution in [0.3, 0.4) is 0 Å². The van der Waals surface area contributed by atoms with Crippen LogP contribution in [-0.2, 0) is 37.4 Å². The largest absolute Gasteiger partial charge is 0.496 e. The van der Waals surface area contributed by atoms with E-state index >= 15 is 0 Å². The molecule has 0 saturated carbocycles. The third-order valence-electron chi connectivity index (χ3n) is 8.24. The minimum atomic E-state index is -3.79. The molecule has 274 valence electrons. The molecule has 4 amide bonds. The van der Waals surface area contributed by atoms with Gasteiger partial charge in [0.25, 0.3) is 5.91 Å². The smallest absolute Gasteiger partial charge is 0.251 e. The Morgan fingerprint density at radius 2 is 1.61 bits per heavy atom. The third-order valence-corrected chi connectivity index (χ3v) is 9.49. The van der Waals surface area contributed by atoms with Crippen molar-refractivity contribution in [1.82, 2.24) is 25.6 Å². The highest BCUT2D eigenvalue weighted by atomic mass is 32.2. The molecule has 0 saturated heterocycles. The minimum absolute atomic E-state index is 0.0167. The first-order chi connectivity index (χ1) is 24.4. The summed E-state index contributed by atoms with van der Waals surface area (Å²) in [6.45, 7) is 1.35. The molecule has 2 aliphatic heterocycles. The average molecular weight is 724 g/mol. The van der Waals surface area contributed by atoms with Crippen molar-refractivity contribution in [3.05, 3.63) is 83.4 Å². The summed E-state index contributed by atoms with van der Waals surface area (Å²) in [6, 6.07) is 17.2. The fourth-order valence-corrected chi connectivity index (χ4v) is 6.19. The van der Waals surface area contributed by atoms with E-state index in [1.807, 2.05) is 30.3 Å². The Bertz CT molecular complexity index is 1800. The van der Waals surface area contributed by atoms with Gasteiger partial charge in [0.15, 0.2) is 11.5 Å². The van der Waals surface area contributed by atoms with E-state index in [2.05, 4.69) is 21.3 Å². The van der Waals surface area contributed by atoms with Crippen molar-refractivity contribution in [2.75, 3.05) is 40.1 Å². The fourth-order valence-electron chi connectivity index (χ4n) is 5.38. The minimum Gasteiger partial charge on any atom is -0.496 e. The third kappa shape index (κ3) is 11.4. The number of amides is 4. The number of aryl methyl sites for hydroxylation is 1. The van der Waals surface area contributed by atoms with Crippen molar-refractivity contribution in [2.24, 2.45) is 0 Å². The van der Waals surface area contributed by atoms with Crippen LogP contribution in [0, 0.1) is 0 Å². The van der Waals surface area contributed by atoms with Crippen LogP contribution in [0.5, 0.6) is 23.0 Å². The summed E-state index contributed by atoms with van der Waals surface area (Å²) < 4.78 is 43.3. The normalized spacial score (nSPS) is 18.9. The molecule has 0 aromatic heterocycles. The second-order valence-electron chi connectivity index (χ2n) is 12.1. The molecule has 0 aliphatic carbocycles. The molecule has 15 heteroatoms. The van der Waals surface area contributed by atoms with Gasteiger partial charge in [0, 0.05) is 36.8 Å². The number of hydrogen-bond donors (Lipinski definition) is 4. The topological polar surface area (TPSA) is 181 Å². The van der Waals surface area contributed by atoms with E-state index in [1.165, 1.54) is 21.1 Å². The average Bonchev–Trinajstić information content (AvgIpc) is 3.11. The molecule has 4 N–H and O–H groups in total. The predicted molar refractivity (Wildman–Crippen MR) is 190 cm³/mol. The van der Waals surface area contributed by atoms with Gasteiger partial charge in [-0.3, -0.25) is 19.2 Å². The Morgan fingerprint density at radius 1 is 0.863 bits per heavy atom. The number of nitrogens with one attached hydrogen (secondary N) is 4. The zero-order valence-corrected chi connectivity index (χ0v) is 30.0. The van der Waals surface area contributed by atoms with Crippen molar-refractivity contribution in [2.45, 2.75) is 51.2 Å². The Hall–Kier alpha value is -5.15. The van der Waals surface area contributed by atoms with Gasteiger partial charge >= 0.3 is 0 Å². The van der Waals surface area contributed by atoms with Crippen LogP contribution in [0.4, 0.5) is 0 Å². The van der Waals surface area contributed by atoms with Crippen molar-refractivity contribution in [1.29, 1.82) is 0 Å². The van der Waals surface area contributed by atoms with Gasteiger partial charge < -0.3 is 35.5 Å². The fraction of sp³-hybridized carbons (Fsp3) is 0.389. The first kappa shape index (κ1) is 38.6. The summed E-state index contributed by atoms with van der Waals surface area (Å²) in [5, 5.41) is 11.0. The van der Waals surface area contributed by atoms with Gasteiger partial charge in [-0.05, 0) is 68.5 Å². The van der Waals surface area contributed by atoms with Gasteiger partial charge in [0.1, 0.15) is 23.6 Å². The number of methoxy groups -OCH3 is 2. The molecule has 2 aliphatic rings. The summed E-state index contributed by atoms with van der Waals surface area (Å²) >= 11 is 0. The molecule has 0 unspecified atom stereocenters. The molecule has 0 spiro atoms. The van der Waals surface area contributed by atoms with Gasteiger partial charge in [-0.1, -0.05) is 30.3 Å². The van der Waals surface area contributed by atoms with E-state index in [1.54, 1.807) is 36.4 Å². The first-order valence-corrected chi connectivity index (χ1v) is 18.4. The van der Waals surface area contributed by atoms with Gasteiger partial charge in [-0.15, -0.1) is 0 Å². The first-order valence-electron chi connectivity index (χ1n) is 16.6. The predicted octanol–water partition coefficient (Wildman–Crippen LogP) is 2.52. The zero-order chi connectivity index (χ0) is 37.0. The van der Waals surface area contributed by atoms with Crippen LogP contribution >= 0.6 is 0 Å². The lowest BCUT2D eigenvalue weighted by atomic mass is 10.0. The summed E-state index contributed by atoms with van der Waals surface area (Å²) in [5.41, 5.74) is 1.88. The van der Waals surface area contributed by atoms with E-state index in [9.17, 15) is 27.6 Å². The van der Waals surface area contributed by atoms with Crippen LogP contribution in [-0.4, -0.2) is 88.5 Å². The number of carbonyl (C=O) groups is 4. The van der Waals surface area contributed by atoms with Crippen molar-refractivity contribution in [3.8, 4) is 23.0 Å². The van der Waals surface area contributed by atoms with Crippen LogP contribution in [0.1, 0.15) is 47.7 Å². The maximum absolute atomic E-state index is 13.5. The Kier molecular flexibility index (Phi) is 13.8. The molecule has 3 aromatic rings. The number of carbonyl (C=O) groups excluding carboxylic acids is 4. The lowest BCUT2D eigenvalue weighted by Gasteiger charge is -2.24. The lowest BCUT2D eigenvalue weighted by molar-refractivity contribution is -0.132. The van der Waals surface area contributed by atoms with E-state index in [4.69, 9.17) is 14.2 Å². The molecule has 5 rings (SSSR count). The number of nitrogens with zero attached hydrogens (tertiary/aromatic N) is 1. The molecule has 4 bridgehead atoms. The molecule has 0 radical (unpaired) electrons. The summed E-state index contributed by atoms with van der Waals surface area (Å²) in [5.74, 6) is -0.616. The van der Waals surface area contributed by atoms with Crippen molar-refractivity contribution in [3.63, 3.8) is 0 Å². The Morgan fingerprint density at radius 3 is 2.31 bits per heavy atom. The number of ether oxygens (including phenoxy) is 3. The summed E-state index contributed by atoms with van der Waals surface area (Å²) in [4.78, 5) is 52.8. The van der Waals surface area contributed by atoms with E-state index in [0.29, 0.717) is 47.6 Å². The SMILES string of the molecule is COc1cc2ccc1CNC(=O)[C@H](C)NC(=O)[C@H](CCc1ccccc1)NC(=O)CN(S(C)(=O)=O)CCCCNC(=O)c1ccc(OC)c(c1)O2. The van der Waals surface area contributed by atoms with Gasteiger partial charge in [0.05, 0.1) is 27.0 Å². The van der Waals surface area contributed by atoms with Gasteiger partial charge in [-0.25, -0.2) is 8.42 Å². The molecule has 14 nitrogen and oxygen atoms in total. The van der Waals surface area contributed by atoms with Gasteiger partial charge in [0.2, 0.25) is 27.7 Å². The second kappa shape index (κ2) is 18.2. The monoisotopic (exact) mass is 723 g/mol. The Labute approximate surface area is 298 Å². The molecular weight excluding hydrogens is 678 g/mol. The maximum Gasteiger partial charge on any atom is 0.251 e. The Balaban J connectivity index is 1.59. The van der Waals surface area contributed by atoms with Crippen LogP contribution in [0.15, 0.2) is 66.7 Å². The highest BCUT2D eigenvalue weighted by molar-refractivity contribution is 7.88. The van der Waals surface area contributed by atoms with E-state index in [-0.39, 0.29) is 37.7 Å². The summed E-state index contributed by atoms with van der Waals surface area (Å²) in [7, 11) is -0.835. The molecule has 0 fully saturated rings. The van der Waals surface area contributed by atoms with Crippen LogP contribution in [0.2, 0.25) is 0 Å². The van der Waals surface area contributed by atoms with Crippen LogP contribution < -0.4 is 35.5 Å². The molecular formula is C36H45N5O9S. The summed E-state index contributed by atoms with van der Waals surface area (Å²) in [6.07, 6.45) is 2.42. The number of benzene rings is 3. The number of rotatable bonds is 6. The quantitative estimate of drug-likeness (QED) is 0.278. The van der Waals surface area contributed by atoms with E-state index in [0.717, 1.165) is 16.1 Å². The molecule has 51 heavy (non-hydrogen) atoms. The van der Waals surface area contributed by atoms with Gasteiger partial charge in [-0.2, -0.15) is 4.31 Å². The molecule has 2 heterocycles. The zero-order valence-electron chi connectivity index (χ0n) is 29.2. The highest BCUT2D eigenvalue weighted by Crippen LogP contribution is 2.34. The van der Waals surface area contributed by atoms with Crippen molar-refractivity contribution >= 4 is 33.7 Å².